The predicted molar refractivity (Wildman–Crippen MR) is 123 cm³/mol. The molecule has 0 radical (unpaired) electrons. The van der Waals surface area contributed by atoms with Crippen molar-refractivity contribution in [3.8, 4) is 11.5 Å². The Hall–Kier alpha value is -2.14. The Kier molecular flexibility index (Phi) is 5.88. The highest BCUT2D eigenvalue weighted by molar-refractivity contribution is 7.90. The molecule has 0 aromatic heterocycles. The Labute approximate surface area is 194 Å². The van der Waals surface area contributed by atoms with Crippen molar-refractivity contribution in [1.29, 1.82) is 0 Å². The first-order valence-electron chi connectivity index (χ1n) is 11.3. The van der Waals surface area contributed by atoms with E-state index in [1.54, 1.807) is 0 Å². The molecule has 0 spiro atoms. The lowest BCUT2D eigenvalue weighted by atomic mass is 9.79. The Balaban J connectivity index is 1.37. The second-order valence-corrected chi connectivity index (χ2v) is 12.5. The minimum Gasteiger partial charge on any atom is -0.486 e. The third-order valence-corrected chi connectivity index (χ3v) is 9.56. The van der Waals surface area contributed by atoms with Crippen molar-refractivity contribution in [1.82, 2.24) is 9.44 Å². The van der Waals surface area contributed by atoms with Crippen LogP contribution in [0, 0.1) is 0 Å². The summed E-state index contributed by atoms with van der Waals surface area (Å²) in [6, 6.07) is 11.3. The van der Waals surface area contributed by atoms with E-state index in [0.717, 1.165) is 44.1 Å². The Bertz CT molecular complexity index is 1250. The van der Waals surface area contributed by atoms with E-state index in [9.17, 15) is 16.8 Å². The van der Waals surface area contributed by atoms with E-state index < -0.39 is 20.0 Å². The zero-order valence-electron chi connectivity index (χ0n) is 18.2. The average Bonchev–Trinajstić information content (AvgIpc) is 3.49. The Morgan fingerprint density at radius 2 is 1.52 bits per heavy atom. The number of hydrogen-bond donors (Lipinski definition) is 2. The van der Waals surface area contributed by atoms with Crippen LogP contribution in [0.1, 0.15) is 44.1 Å². The van der Waals surface area contributed by atoms with Crippen molar-refractivity contribution >= 4 is 20.0 Å². The molecule has 10 heteroatoms. The molecule has 2 aliphatic carbocycles. The molecule has 0 amide bonds. The van der Waals surface area contributed by atoms with Gasteiger partial charge in [0.15, 0.2) is 11.5 Å². The normalized spacial score (nSPS) is 20.0. The summed E-state index contributed by atoms with van der Waals surface area (Å²) in [5.74, 6) is 1.39. The summed E-state index contributed by atoms with van der Waals surface area (Å²) in [5, 5.41) is 0. The van der Waals surface area contributed by atoms with Gasteiger partial charge in [-0.05, 0) is 61.6 Å². The molecular formula is C23H28N2O6S2. The fraction of sp³-hybridized carbons (Fsp3) is 0.478. The number of benzene rings is 2. The molecular weight excluding hydrogens is 464 g/mol. The lowest BCUT2D eigenvalue weighted by molar-refractivity contribution is 0.171. The van der Waals surface area contributed by atoms with Gasteiger partial charge >= 0.3 is 0 Å². The SMILES string of the molecule is O=S(=O)(NCC1(c2ccc3c(c2)OCCO3)CCCC1)c1cccc(S(=O)(=O)NC2CC2)c1. The summed E-state index contributed by atoms with van der Waals surface area (Å²) >= 11 is 0. The number of sulfonamides is 2. The van der Waals surface area contributed by atoms with Crippen molar-refractivity contribution in [2.75, 3.05) is 19.8 Å². The van der Waals surface area contributed by atoms with Gasteiger partial charge in [0.05, 0.1) is 9.79 Å². The number of hydrogen-bond acceptors (Lipinski definition) is 6. The molecule has 2 fully saturated rings. The van der Waals surface area contributed by atoms with Crippen LogP contribution in [0.15, 0.2) is 52.3 Å². The summed E-state index contributed by atoms with van der Waals surface area (Å²) < 4.78 is 68.0. The van der Waals surface area contributed by atoms with Crippen molar-refractivity contribution in [3.63, 3.8) is 0 Å². The first kappa shape index (κ1) is 22.6. The molecule has 2 aromatic carbocycles. The highest BCUT2D eigenvalue weighted by atomic mass is 32.2. The van der Waals surface area contributed by atoms with Crippen LogP contribution >= 0.6 is 0 Å². The number of nitrogens with one attached hydrogen (secondary N) is 2. The van der Waals surface area contributed by atoms with Crippen LogP contribution in [0.2, 0.25) is 0 Å². The zero-order chi connectivity index (χ0) is 23.1. The first-order valence-corrected chi connectivity index (χ1v) is 14.3. The predicted octanol–water partition coefficient (Wildman–Crippen LogP) is 2.69. The van der Waals surface area contributed by atoms with Gasteiger partial charge in [-0.25, -0.2) is 26.3 Å². The van der Waals surface area contributed by atoms with Crippen molar-refractivity contribution in [3.05, 3.63) is 48.0 Å². The molecule has 0 atom stereocenters. The third-order valence-electron chi connectivity index (χ3n) is 6.64. The molecule has 0 saturated heterocycles. The van der Waals surface area contributed by atoms with Crippen molar-refractivity contribution in [2.24, 2.45) is 0 Å². The molecule has 2 aromatic rings. The fourth-order valence-electron chi connectivity index (χ4n) is 4.61. The Morgan fingerprint density at radius 1 is 0.848 bits per heavy atom. The van der Waals surface area contributed by atoms with Crippen molar-refractivity contribution in [2.45, 2.75) is 59.8 Å². The smallest absolute Gasteiger partial charge is 0.240 e. The Morgan fingerprint density at radius 3 is 2.21 bits per heavy atom. The van der Waals surface area contributed by atoms with Crippen LogP contribution in [-0.2, 0) is 25.5 Å². The number of fused-ring (bicyclic) bond motifs is 1. The van der Waals surface area contributed by atoms with Crippen LogP contribution in [0.4, 0.5) is 0 Å². The van der Waals surface area contributed by atoms with Crippen LogP contribution < -0.4 is 18.9 Å². The van der Waals surface area contributed by atoms with E-state index in [1.807, 2.05) is 18.2 Å². The highest BCUT2D eigenvalue weighted by Crippen LogP contribution is 2.44. The monoisotopic (exact) mass is 492 g/mol. The number of rotatable bonds is 8. The molecule has 5 rings (SSSR count). The highest BCUT2D eigenvalue weighted by Gasteiger charge is 2.38. The van der Waals surface area contributed by atoms with Gasteiger partial charge in [-0.15, -0.1) is 0 Å². The van der Waals surface area contributed by atoms with E-state index in [0.29, 0.717) is 24.7 Å². The van der Waals surface area contributed by atoms with Gasteiger partial charge < -0.3 is 9.47 Å². The maximum atomic E-state index is 13.1. The average molecular weight is 493 g/mol. The topological polar surface area (TPSA) is 111 Å². The van der Waals surface area contributed by atoms with Crippen LogP contribution in [0.3, 0.4) is 0 Å². The van der Waals surface area contributed by atoms with E-state index in [4.69, 9.17) is 9.47 Å². The molecule has 0 unspecified atom stereocenters. The maximum absolute atomic E-state index is 13.1. The van der Waals surface area contributed by atoms with Crippen LogP contribution in [0.5, 0.6) is 11.5 Å². The molecule has 2 saturated carbocycles. The number of ether oxygens (including phenoxy) is 2. The van der Waals surface area contributed by atoms with Crippen LogP contribution in [-0.4, -0.2) is 42.6 Å². The van der Waals surface area contributed by atoms with E-state index in [-0.39, 0.29) is 27.8 Å². The second kappa shape index (κ2) is 8.57. The fourth-order valence-corrected chi connectivity index (χ4v) is 7.20. The molecule has 178 valence electrons. The third kappa shape index (κ3) is 4.75. The van der Waals surface area contributed by atoms with E-state index in [2.05, 4.69) is 9.44 Å². The molecule has 8 nitrogen and oxygen atoms in total. The molecule has 2 N–H and O–H groups in total. The quantitative estimate of drug-likeness (QED) is 0.586. The van der Waals surface area contributed by atoms with E-state index >= 15 is 0 Å². The minimum atomic E-state index is -3.91. The van der Waals surface area contributed by atoms with Gasteiger partial charge in [0.1, 0.15) is 13.2 Å². The summed E-state index contributed by atoms with van der Waals surface area (Å²) in [6.45, 7) is 1.24. The van der Waals surface area contributed by atoms with Gasteiger partial charge in [0, 0.05) is 18.0 Å². The van der Waals surface area contributed by atoms with Gasteiger partial charge in [-0.2, -0.15) is 0 Å². The lowest BCUT2D eigenvalue weighted by Gasteiger charge is -2.31. The van der Waals surface area contributed by atoms with Gasteiger partial charge in [-0.3, -0.25) is 0 Å². The summed E-state index contributed by atoms with van der Waals surface area (Å²) in [5.41, 5.74) is 0.678. The summed E-state index contributed by atoms with van der Waals surface area (Å²) in [4.78, 5) is -0.101. The van der Waals surface area contributed by atoms with E-state index in [1.165, 1.54) is 24.3 Å². The van der Waals surface area contributed by atoms with Crippen molar-refractivity contribution < 1.29 is 26.3 Å². The summed E-state index contributed by atoms with van der Waals surface area (Å²) in [7, 11) is -7.65. The van der Waals surface area contributed by atoms with Crippen LogP contribution in [0.25, 0.3) is 0 Å². The van der Waals surface area contributed by atoms with Gasteiger partial charge in [-0.1, -0.05) is 25.0 Å². The zero-order valence-corrected chi connectivity index (χ0v) is 19.9. The molecule has 1 heterocycles. The summed E-state index contributed by atoms with van der Waals surface area (Å²) in [6.07, 6.45) is 5.35. The largest absolute Gasteiger partial charge is 0.486 e. The molecule has 33 heavy (non-hydrogen) atoms. The molecule has 0 bridgehead atoms. The first-order chi connectivity index (χ1) is 15.8. The van der Waals surface area contributed by atoms with Gasteiger partial charge in [0.2, 0.25) is 20.0 Å². The molecule has 3 aliphatic rings. The molecule has 1 aliphatic heterocycles. The standard InChI is InChI=1S/C23H28N2O6S2/c26-32(27,19-4-3-5-20(15-19)33(28,29)25-18-7-8-18)24-16-23(10-1-2-11-23)17-6-9-21-22(14-17)31-13-12-30-21/h3-6,9,14-15,18,24-25H,1-2,7-8,10-13,16H2. The maximum Gasteiger partial charge on any atom is 0.240 e. The van der Waals surface area contributed by atoms with Gasteiger partial charge in [0.25, 0.3) is 0 Å². The lowest BCUT2D eigenvalue weighted by Crippen LogP contribution is -2.39. The second-order valence-electron chi connectivity index (χ2n) is 9.04. The minimum absolute atomic E-state index is 0.0420.